The Morgan fingerprint density at radius 2 is 2.05 bits per heavy atom. The second-order valence-corrected chi connectivity index (χ2v) is 6.20. The third-order valence-corrected chi connectivity index (χ3v) is 2.88. The van der Waals surface area contributed by atoms with Crippen LogP contribution in [-0.4, -0.2) is 28.5 Å². The number of rotatable bonds is 5. The van der Waals surface area contributed by atoms with Crippen LogP contribution in [0.5, 0.6) is 0 Å². The number of carbonyl (C=O) groups excluding carboxylic acids is 1. The summed E-state index contributed by atoms with van der Waals surface area (Å²) in [7, 11) is 0. The number of nitrogens with one attached hydrogen (secondary N) is 1. The second-order valence-electron chi connectivity index (χ2n) is 6.20. The normalized spacial score (nSPS) is 12.8. The highest BCUT2D eigenvalue weighted by Gasteiger charge is 2.25. The van der Waals surface area contributed by atoms with Gasteiger partial charge in [0.05, 0.1) is 5.92 Å². The summed E-state index contributed by atoms with van der Waals surface area (Å²) >= 11 is 0. The van der Waals surface area contributed by atoms with Crippen molar-refractivity contribution in [1.82, 2.24) is 10.3 Å². The highest BCUT2D eigenvalue weighted by Crippen LogP contribution is 2.24. The van der Waals surface area contributed by atoms with Gasteiger partial charge in [-0.15, -0.1) is 0 Å². The van der Waals surface area contributed by atoms with Crippen LogP contribution in [0.15, 0.2) is 18.3 Å². The van der Waals surface area contributed by atoms with Gasteiger partial charge in [-0.1, -0.05) is 20.8 Å². The Morgan fingerprint density at radius 1 is 1.40 bits per heavy atom. The maximum Gasteiger partial charge on any atom is 0.308 e. The SMILES string of the molecule is Cc1cc(C(=O)NCC(CC(C)(C)C)C(=O)O)ccn1. The van der Waals surface area contributed by atoms with E-state index in [1.54, 1.807) is 25.3 Å². The molecule has 5 heteroatoms. The topological polar surface area (TPSA) is 79.3 Å². The molecule has 1 aromatic heterocycles. The van der Waals surface area contributed by atoms with Gasteiger partial charge < -0.3 is 10.4 Å². The number of hydrogen-bond donors (Lipinski definition) is 2. The summed E-state index contributed by atoms with van der Waals surface area (Å²) in [5, 5.41) is 11.9. The summed E-state index contributed by atoms with van der Waals surface area (Å²) in [5.74, 6) is -1.73. The molecule has 1 aromatic rings. The first-order valence-corrected chi connectivity index (χ1v) is 6.63. The van der Waals surface area contributed by atoms with E-state index in [4.69, 9.17) is 0 Å². The van der Waals surface area contributed by atoms with Crippen LogP contribution in [0.1, 0.15) is 43.2 Å². The standard InChI is InChI=1S/C15H22N2O3/c1-10-7-11(5-6-16-10)13(18)17-9-12(14(19)20)8-15(2,3)4/h5-7,12H,8-9H2,1-4H3,(H,17,18)(H,19,20). The molecule has 0 aromatic carbocycles. The first kappa shape index (κ1) is 16.1. The van der Waals surface area contributed by atoms with Crippen molar-refractivity contribution < 1.29 is 14.7 Å². The Morgan fingerprint density at radius 3 is 2.55 bits per heavy atom. The van der Waals surface area contributed by atoms with E-state index in [-0.39, 0.29) is 17.9 Å². The molecule has 1 rings (SSSR count). The number of aliphatic carboxylic acids is 1. The summed E-state index contributed by atoms with van der Waals surface area (Å²) in [6.07, 6.45) is 2.08. The van der Waals surface area contributed by atoms with E-state index in [1.165, 1.54) is 0 Å². The Kier molecular flexibility index (Phi) is 5.25. The number of carbonyl (C=O) groups is 2. The van der Waals surface area contributed by atoms with Gasteiger partial charge in [-0.25, -0.2) is 0 Å². The maximum atomic E-state index is 12.0. The molecule has 2 N–H and O–H groups in total. The van der Waals surface area contributed by atoms with Crippen LogP contribution in [0, 0.1) is 18.3 Å². The van der Waals surface area contributed by atoms with E-state index in [1.807, 2.05) is 20.8 Å². The van der Waals surface area contributed by atoms with E-state index in [2.05, 4.69) is 10.3 Å². The van der Waals surface area contributed by atoms with E-state index < -0.39 is 11.9 Å². The molecule has 0 saturated carbocycles. The van der Waals surface area contributed by atoms with Gasteiger partial charge in [0.2, 0.25) is 0 Å². The highest BCUT2D eigenvalue weighted by molar-refractivity contribution is 5.94. The average molecular weight is 278 g/mol. The van der Waals surface area contributed by atoms with E-state index in [0.717, 1.165) is 5.69 Å². The molecule has 0 saturated heterocycles. The van der Waals surface area contributed by atoms with Gasteiger partial charge in [0.1, 0.15) is 0 Å². The van der Waals surface area contributed by atoms with Crippen molar-refractivity contribution in [2.75, 3.05) is 6.54 Å². The largest absolute Gasteiger partial charge is 0.481 e. The van der Waals surface area contributed by atoms with E-state index in [0.29, 0.717) is 12.0 Å². The number of carboxylic acids is 1. The second kappa shape index (κ2) is 6.50. The van der Waals surface area contributed by atoms with E-state index in [9.17, 15) is 14.7 Å². The average Bonchev–Trinajstić information content (AvgIpc) is 2.32. The number of nitrogens with zero attached hydrogens (tertiary/aromatic N) is 1. The predicted octanol–water partition coefficient (Wildman–Crippen LogP) is 2.26. The van der Waals surface area contributed by atoms with Gasteiger partial charge >= 0.3 is 5.97 Å². The summed E-state index contributed by atoms with van der Waals surface area (Å²) in [6, 6.07) is 3.29. The minimum Gasteiger partial charge on any atom is -0.481 e. The molecule has 5 nitrogen and oxygen atoms in total. The minimum absolute atomic E-state index is 0.0962. The molecule has 0 fully saturated rings. The zero-order valence-electron chi connectivity index (χ0n) is 12.4. The van der Waals surface area contributed by atoms with Crippen LogP contribution in [0.2, 0.25) is 0 Å². The van der Waals surface area contributed by atoms with Crippen LogP contribution >= 0.6 is 0 Å². The Labute approximate surface area is 119 Å². The molecule has 110 valence electrons. The summed E-state index contributed by atoms with van der Waals surface area (Å²) < 4.78 is 0. The first-order valence-electron chi connectivity index (χ1n) is 6.63. The number of hydrogen-bond acceptors (Lipinski definition) is 3. The molecule has 1 heterocycles. The molecule has 1 unspecified atom stereocenters. The molecule has 1 amide bonds. The lowest BCUT2D eigenvalue weighted by atomic mass is 9.84. The van der Waals surface area contributed by atoms with Crippen molar-refractivity contribution >= 4 is 11.9 Å². The monoisotopic (exact) mass is 278 g/mol. The molecule has 0 aliphatic carbocycles. The summed E-state index contributed by atoms with van der Waals surface area (Å²) in [4.78, 5) is 27.2. The highest BCUT2D eigenvalue weighted by atomic mass is 16.4. The van der Waals surface area contributed by atoms with Gasteiger partial charge in [0.25, 0.3) is 5.91 Å². The van der Waals surface area contributed by atoms with Crippen molar-refractivity contribution in [2.24, 2.45) is 11.3 Å². The summed E-state index contributed by atoms with van der Waals surface area (Å²) in [5.41, 5.74) is 1.15. The lowest BCUT2D eigenvalue weighted by Gasteiger charge is -2.23. The molecule has 0 aliphatic rings. The predicted molar refractivity (Wildman–Crippen MR) is 76.5 cm³/mol. The lowest BCUT2D eigenvalue weighted by molar-refractivity contribution is -0.142. The number of amides is 1. The number of carboxylic acid groups (broad SMARTS) is 1. The molecule has 0 spiro atoms. The summed E-state index contributed by atoms with van der Waals surface area (Å²) in [6.45, 7) is 7.88. The Hall–Kier alpha value is -1.91. The molecule has 20 heavy (non-hydrogen) atoms. The molecule has 0 radical (unpaired) electrons. The van der Waals surface area contributed by atoms with Gasteiger partial charge in [-0.3, -0.25) is 14.6 Å². The molecular weight excluding hydrogens is 256 g/mol. The quantitative estimate of drug-likeness (QED) is 0.865. The molecule has 0 aliphatic heterocycles. The number of pyridine rings is 1. The zero-order chi connectivity index (χ0) is 15.3. The minimum atomic E-state index is -0.883. The van der Waals surface area contributed by atoms with Crippen molar-refractivity contribution in [2.45, 2.75) is 34.1 Å². The van der Waals surface area contributed by atoms with Crippen molar-refractivity contribution in [3.05, 3.63) is 29.6 Å². The maximum absolute atomic E-state index is 12.0. The fourth-order valence-corrected chi connectivity index (χ4v) is 1.99. The molecule has 0 bridgehead atoms. The van der Waals surface area contributed by atoms with Gasteiger partial charge in [0.15, 0.2) is 0 Å². The Bertz CT molecular complexity index is 492. The molecular formula is C15H22N2O3. The lowest BCUT2D eigenvalue weighted by Crippen LogP contribution is -2.35. The molecule has 1 atom stereocenters. The zero-order valence-corrected chi connectivity index (χ0v) is 12.4. The third-order valence-electron chi connectivity index (χ3n) is 2.88. The van der Waals surface area contributed by atoms with Crippen LogP contribution in [0.3, 0.4) is 0 Å². The first-order chi connectivity index (χ1) is 9.19. The van der Waals surface area contributed by atoms with Crippen molar-refractivity contribution in [1.29, 1.82) is 0 Å². The van der Waals surface area contributed by atoms with Crippen LogP contribution in [-0.2, 0) is 4.79 Å². The van der Waals surface area contributed by atoms with Crippen LogP contribution in [0.25, 0.3) is 0 Å². The fraction of sp³-hybridized carbons (Fsp3) is 0.533. The van der Waals surface area contributed by atoms with Crippen LogP contribution < -0.4 is 5.32 Å². The van der Waals surface area contributed by atoms with E-state index >= 15 is 0 Å². The Balaban J connectivity index is 2.64. The van der Waals surface area contributed by atoms with Crippen molar-refractivity contribution in [3.8, 4) is 0 Å². The number of aryl methyl sites for hydroxylation is 1. The smallest absolute Gasteiger partial charge is 0.308 e. The van der Waals surface area contributed by atoms with Crippen molar-refractivity contribution in [3.63, 3.8) is 0 Å². The van der Waals surface area contributed by atoms with Gasteiger partial charge in [-0.2, -0.15) is 0 Å². The van der Waals surface area contributed by atoms with Crippen LogP contribution in [0.4, 0.5) is 0 Å². The van der Waals surface area contributed by atoms with Gasteiger partial charge in [0, 0.05) is 24.0 Å². The fourth-order valence-electron chi connectivity index (χ4n) is 1.99. The third kappa shape index (κ3) is 5.38. The number of aromatic nitrogens is 1. The van der Waals surface area contributed by atoms with Gasteiger partial charge in [-0.05, 0) is 30.9 Å².